The van der Waals surface area contributed by atoms with Crippen LogP contribution < -0.4 is 0 Å². The summed E-state index contributed by atoms with van der Waals surface area (Å²) in [7, 11) is 0. The first-order valence-electron chi connectivity index (χ1n) is 4.53. The van der Waals surface area contributed by atoms with Crippen LogP contribution in [0.2, 0.25) is 0 Å². The quantitative estimate of drug-likeness (QED) is 0.675. The molecule has 0 fully saturated rings. The molecular weight excluding hydrogens is 208 g/mol. The Morgan fingerprint density at radius 3 is 2.69 bits per heavy atom. The molecule has 0 aliphatic carbocycles. The molecule has 0 atom stereocenters. The molecule has 1 aromatic heterocycles. The maximum absolute atomic E-state index is 11.1. The van der Waals surface area contributed by atoms with Crippen LogP contribution in [0.15, 0.2) is 6.20 Å². The van der Waals surface area contributed by atoms with Gasteiger partial charge in [-0.05, 0) is 6.92 Å². The lowest BCUT2D eigenvalue weighted by molar-refractivity contribution is -0.142. The van der Waals surface area contributed by atoms with Gasteiger partial charge < -0.3 is 4.74 Å². The smallest absolute Gasteiger partial charge is 0.311 e. The molecule has 0 radical (unpaired) electrons. The Morgan fingerprint density at radius 2 is 2.12 bits per heavy atom. The summed E-state index contributed by atoms with van der Waals surface area (Å²) < 4.78 is 4.72. The van der Waals surface area contributed by atoms with Crippen LogP contribution in [0.3, 0.4) is 0 Å². The molecule has 0 aromatic carbocycles. The highest BCUT2D eigenvalue weighted by Gasteiger charge is 2.10. The first kappa shape index (κ1) is 11.6. The molecular formula is C10H8N4O2. The Labute approximate surface area is 92.1 Å². The van der Waals surface area contributed by atoms with Crippen LogP contribution in [-0.2, 0) is 16.0 Å². The van der Waals surface area contributed by atoms with Crippen molar-refractivity contribution in [2.75, 3.05) is 6.61 Å². The fraction of sp³-hybridized carbons (Fsp3) is 0.300. The number of hydrogen-bond donors (Lipinski definition) is 0. The predicted molar refractivity (Wildman–Crippen MR) is 51.8 cm³/mol. The van der Waals surface area contributed by atoms with Crippen molar-refractivity contribution in [2.45, 2.75) is 13.3 Å². The summed E-state index contributed by atoms with van der Waals surface area (Å²) in [6, 6.07) is 3.48. The van der Waals surface area contributed by atoms with Gasteiger partial charge in [-0.2, -0.15) is 10.5 Å². The first-order valence-corrected chi connectivity index (χ1v) is 4.53. The number of aromatic nitrogens is 2. The number of nitriles is 2. The summed E-state index contributed by atoms with van der Waals surface area (Å²) >= 11 is 0. The summed E-state index contributed by atoms with van der Waals surface area (Å²) in [5, 5.41) is 17.3. The zero-order chi connectivity index (χ0) is 12.0. The van der Waals surface area contributed by atoms with Gasteiger partial charge in [0.15, 0.2) is 11.4 Å². The third-order valence-electron chi connectivity index (χ3n) is 1.66. The standard InChI is InChI=1S/C10H8N4O2/c1-2-16-10(15)3-7-6-13-8(4-11)9(5-12)14-7/h6H,2-3H2,1H3. The van der Waals surface area contributed by atoms with Gasteiger partial charge in [0.2, 0.25) is 0 Å². The Kier molecular flexibility index (Phi) is 3.93. The number of hydrogen-bond acceptors (Lipinski definition) is 6. The van der Waals surface area contributed by atoms with Gasteiger partial charge in [0, 0.05) is 0 Å². The summed E-state index contributed by atoms with van der Waals surface area (Å²) in [5.74, 6) is -0.439. The summed E-state index contributed by atoms with van der Waals surface area (Å²) in [6.45, 7) is 1.98. The van der Waals surface area contributed by atoms with Crippen LogP contribution in [0.1, 0.15) is 24.0 Å². The van der Waals surface area contributed by atoms with Gasteiger partial charge in [0.1, 0.15) is 12.1 Å². The van der Waals surface area contributed by atoms with Crippen molar-refractivity contribution in [3.63, 3.8) is 0 Å². The maximum Gasteiger partial charge on any atom is 0.311 e. The molecule has 1 aromatic rings. The van der Waals surface area contributed by atoms with Crippen LogP contribution in [0.25, 0.3) is 0 Å². The van der Waals surface area contributed by atoms with Crippen molar-refractivity contribution < 1.29 is 9.53 Å². The molecule has 6 nitrogen and oxygen atoms in total. The molecule has 1 rings (SSSR count). The van der Waals surface area contributed by atoms with Gasteiger partial charge >= 0.3 is 5.97 Å². The van der Waals surface area contributed by atoms with Crippen LogP contribution >= 0.6 is 0 Å². The number of ether oxygens (including phenoxy) is 1. The summed E-state index contributed by atoms with van der Waals surface area (Å²) in [5.41, 5.74) is 0.188. The molecule has 16 heavy (non-hydrogen) atoms. The molecule has 80 valence electrons. The van der Waals surface area contributed by atoms with Crippen LogP contribution in [-0.4, -0.2) is 22.5 Å². The van der Waals surface area contributed by atoms with Gasteiger partial charge in [-0.1, -0.05) is 0 Å². The molecule has 6 heteroatoms. The topological polar surface area (TPSA) is 99.7 Å². The second-order valence-corrected chi connectivity index (χ2v) is 2.76. The number of carbonyl (C=O) groups excluding carboxylic acids is 1. The fourth-order valence-electron chi connectivity index (χ4n) is 1.03. The van der Waals surface area contributed by atoms with Gasteiger partial charge in [0.05, 0.1) is 24.9 Å². The van der Waals surface area contributed by atoms with E-state index in [0.717, 1.165) is 0 Å². The minimum Gasteiger partial charge on any atom is -0.466 e. The molecule has 0 N–H and O–H groups in total. The van der Waals surface area contributed by atoms with Crippen molar-refractivity contribution in [3.8, 4) is 12.1 Å². The van der Waals surface area contributed by atoms with E-state index < -0.39 is 5.97 Å². The number of rotatable bonds is 3. The maximum atomic E-state index is 11.1. The molecule has 0 saturated carbocycles. The Bertz CT molecular complexity index is 485. The normalized spacial score (nSPS) is 8.94. The van der Waals surface area contributed by atoms with E-state index in [1.165, 1.54) is 6.20 Å². The molecule has 0 amide bonds. The summed E-state index contributed by atoms with van der Waals surface area (Å²) in [4.78, 5) is 18.7. The van der Waals surface area contributed by atoms with E-state index in [0.29, 0.717) is 5.69 Å². The van der Waals surface area contributed by atoms with Crippen LogP contribution in [0.4, 0.5) is 0 Å². The monoisotopic (exact) mass is 216 g/mol. The average Bonchev–Trinajstić information content (AvgIpc) is 2.29. The predicted octanol–water partition coefficient (Wildman–Crippen LogP) is 0.326. The molecule has 1 heterocycles. The lowest BCUT2D eigenvalue weighted by Gasteiger charge is -2.01. The van der Waals surface area contributed by atoms with Gasteiger partial charge in [-0.15, -0.1) is 0 Å². The largest absolute Gasteiger partial charge is 0.466 e. The number of carbonyl (C=O) groups is 1. The molecule has 0 aliphatic rings. The van der Waals surface area contributed by atoms with E-state index in [-0.39, 0.29) is 24.4 Å². The lowest BCUT2D eigenvalue weighted by atomic mass is 10.3. The van der Waals surface area contributed by atoms with Crippen LogP contribution in [0.5, 0.6) is 0 Å². The van der Waals surface area contributed by atoms with E-state index in [1.807, 2.05) is 0 Å². The Balaban J connectivity index is 2.89. The zero-order valence-corrected chi connectivity index (χ0v) is 8.60. The van der Waals surface area contributed by atoms with E-state index in [2.05, 4.69) is 9.97 Å². The SMILES string of the molecule is CCOC(=O)Cc1cnc(C#N)c(C#N)n1. The van der Waals surface area contributed by atoms with E-state index in [4.69, 9.17) is 15.3 Å². The number of nitrogens with zero attached hydrogens (tertiary/aromatic N) is 4. The van der Waals surface area contributed by atoms with E-state index >= 15 is 0 Å². The minimum atomic E-state index is -0.439. The third-order valence-corrected chi connectivity index (χ3v) is 1.66. The highest BCUT2D eigenvalue weighted by Crippen LogP contribution is 2.03. The van der Waals surface area contributed by atoms with Crippen molar-refractivity contribution >= 4 is 5.97 Å². The van der Waals surface area contributed by atoms with Gasteiger partial charge in [-0.25, -0.2) is 9.97 Å². The fourth-order valence-corrected chi connectivity index (χ4v) is 1.03. The van der Waals surface area contributed by atoms with Crippen molar-refractivity contribution in [1.82, 2.24) is 9.97 Å². The van der Waals surface area contributed by atoms with Gasteiger partial charge in [-0.3, -0.25) is 4.79 Å². The van der Waals surface area contributed by atoms with E-state index in [1.54, 1.807) is 19.1 Å². The van der Waals surface area contributed by atoms with Crippen molar-refractivity contribution in [3.05, 3.63) is 23.3 Å². The molecule has 0 saturated heterocycles. The average molecular weight is 216 g/mol. The second kappa shape index (κ2) is 5.42. The summed E-state index contributed by atoms with van der Waals surface area (Å²) in [6.07, 6.45) is 1.23. The molecule has 0 bridgehead atoms. The molecule has 0 spiro atoms. The van der Waals surface area contributed by atoms with Gasteiger partial charge in [0.25, 0.3) is 0 Å². The van der Waals surface area contributed by atoms with Crippen LogP contribution in [0, 0.1) is 22.7 Å². The minimum absolute atomic E-state index is 0.0462. The Morgan fingerprint density at radius 1 is 1.44 bits per heavy atom. The molecule has 0 unspecified atom stereocenters. The van der Waals surface area contributed by atoms with Crippen molar-refractivity contribution in [1.29, 1.82) is 10.5 Å². The Hall–Kier alpha value is -2.47. The third kappa shape index (κ3) is 2.76. The zero-order valence-electron chi connectivity index (χ0n) is 8.60. The highest BCUT2D eigenvalue weighted by molar-refractivity contribution is 5.71. The van der Waals surface area contributed by atoms with Crippen molar-refractivity contribution in [2.24, 2.45) is 0 Å². The number of esters is 1. The lowest BCUT2D eigenvalue weighted by Crippen LogP contribution is -2.10. The van der Waals surface area contributed by atoms with E-state index in [9.17, 15) is 4.79 Å². The highest BCUT2D eigenvalue weighted by atomic mass is 16.5. The second-order valence-electron chi connectivity index (χ2n) is 2.76. The first-order chi connectivity index (χ1) is 7.71. The molecule has 0 aliphatic heterocycles.